The summed E-state index contributed by atoms with van der Waals surface area (Å²) in [5.41, 5.74) is 1.12. The van der Waals surface area contributed by atoms with E-state index in [1.54, 1.807) is 0 Å². The molecule has 0 aliphatic rings. The molecular formula is C15H26O3. The first-order chi connectivity index (χ1) is 8.85. The summed E-state index contributed by atoms with van der Waals surface area (Å²) in [5.74, 6) is 0. The summed E-state index contributed by atoms with van der Waals surface area (Å²) < 4.78 is 10.7. The quantitative estimate of drug-likeness (QED) is 0.331. The molecule has 0 radical (unpaired) electrons. The van der Waals surface area contributed by atoms with Crippen LogP contribution < -0.4 is 0 Å². The highest BCUT2D eigenvalue weighted by molar-refractivity contribution is 5.17. The van der Waals surface area contributed by atoms with Gasteiger partial charge in [0.1, 0.15) is 0 Å². The molecule has 0 atom stereocenters. The lowest BCUT2D eigenvalue weighted by atomic mass is 10.2. The molecule has 3 heteroatoms. The summed E-state index contributed by atoms with van der Waals surface area (Å²) in [7, 11) is 0. The van der Waals surface area contributed by atoms with Crippen molar-refractivity contribution < 1.29 is 14.6 Å². The molecule has 0 amide bonds. The van der Waals surface area contributed by atoms with Crippen LogP contribution in [0.25, 0.3) is 0 Å². The molecule has 0 aromatic heterocycles. The van der Waals surface area contributed by atoms with Gasteiger partial charge in [-0.2, -0.15) is 0 Å². The number of hydrogen-bond donors (Lipinski definition) is 1. The summed E-state index contributed by atoms with van der Waals surface area (Å²) in [4.78, 5) is 0. The predicted molar refractivity (Wildman–Crippen MR) is 75.7 cm³/mol. The van der Waals surface area contributed by atoms with Gasteiger partial charge in [0.2, 0.25) is 0 Å². The summed E-state index contributed by atoms with van der Waals surface area (Å²) in [6, 6.07) is 0. The molecule has 0 saturated carbocycles. The number of ether oxygens (including phenoxy) is 2. The van der Waals surface area contributed by atoms with Crippen LogP contribution in [0.1, 0.15) is 26.2 Å². The largest absolute Gasteiger partial charge is 0.394 e. The van der Waals surface area contributed by atoms with E-state index in [9.17, 15) is 0 Å². The molecule has 0 heterocycles. The second kappa shape index (κ2) is 14.2. The van der Waals surface area contributed by atoms with Gasteiger partial charge in [-0.1, -0.05) is 37.8 Å². The fraction of sp³-hybridized carbons (Fsp3) is 0.600. The number of hydrogen-bond acceptors (Lipinski definition) is 3. The third-order valence-corrected chi connectivity index (χ3v) is 2.26. The fourth-order valence-corrected chi connectivity index (χ4v) is 1.30. The van der Waals surface area contributed by atoms with Gasteiger partial charge in [-0.15, -0.1) is 0 Å². The molecule has 3 nitrogen and oxygen atoms in total. The number of aliphatic hydroxyl groups excluding tert-OH is 1. The van der Waals surface area contributed by atoms with Gasteiger partial charge < -0.3 is 14.6 Å². The highest BCUT2D eigenvalue weighted by Gasteiger charge is 1.93. The molecule has 0 aliphatic heterocycles. The topological polar surface area (TPSA) is 38.7 Å². The molecule has 1 N–H and O–H groups in total. The number of aliphatic hydroxyl groups is 1. The maximum absolute atomic E-state index is 8.51. The van der Waals surface area contributed by atoms with E-state index < -0.39 is 0 Å². The van der Waals surface area contributed by atoms with Gasteiger partial charge in [0.15, 0.2) is 0 Å². The van der Waals surface area contributed by atoms with Gasteiger partial charge in [-0.25, -0.2) is 0 Å². The lowest BCUT2D eigenvalue weighted by Crippen LogP contribution is -2.05. The molecule has 0 rings (SSSR count). The van der Waals surface area contributed by atoms with Crippen LogP contribution in [0.4, 0.5) is 0 Å². The van der Waals surface area contributed by atoms with Crippen molar-refractivity contribution in [3.05, 3.63) is 36.5 Å². The van der Waals surface area contributed by atoms with Gasteiger partial charge in [-0.3, -0.25) is 0 Å². The maximum Gasteiger partial charge on any atom is 0.0713 e. The van der Waals surface area contributed by atoms with E-state index in [1.807, 2.05) is 6.08 Å². The van der Waals surface area contributed by atoms with E-state index in [4.69, 9.17) is 14.6 Å². The van der Waals surface area contributed by atoms with Gasteiger partial charge in [-0.05, 0) is 24.8 Å². The number of rotatable bonds is 12. The summed E-state index contributed by atoms with van der Waals surface area (Å²) in [5, 5.41) is 8.51. The third-order valence-electron chi connectivity index (χ3n) is 2.26. The van der Waals surface area contributed by atoms with Gasteiger partial charge in [0.05, 0.1) is 19.8 Å². The van der Waals surface area contributed by atoms with E-state index in [2.05, 4.69) is 31.7 Å². The van der Waals surface area contributed by atoms with Crippen molar-refractivity contribution >= 4 is 0 Å². The Morgan fingerprint density at radius 3 is 2.61 bits per heavy atom. The molecule has 18 heavy (non-hydrogen) atoms. The molecule has 0 unspecified atom stereocenters. The maximum atomic E-state index is 8.51. The van der Waals surface area contributed by atoms with E-state index in [1.165, 1.54) is 0 Å². The van der Waals surface area contributed by atoms with Gasteiger partial charge in [0.25, 0.3) is 0 Å². The minimum Gasteiger partial charge on any atom is -0.394 e. The van der Waals surface area contributed by atoms with Crippen LogP contribution in [-0.4, -0.2) is 38.1 Å². The van der Waals surface area contributed by atoms with Crippen molar-refractivity contribution in [3.8, 4) is 0 Å². The van der Waals surface area contributed by atoms with Crippen LogP contribution in [0.5, 0.6) is 0 Å². The zero-order chi connectivity index (χ0) is 13.5. The molecule has 0 fully saturated rings. The van der Waals surface area contributed by atoms with E-state index in [0.29, 0.717) is 26.4 Å². The van der Waals surface area contributed by atoms with E-state index in [-0.39, 0.29) is 6.61 Å². The predicted octanol–water partition coefficient (Wildman–Crippen LogP) is 2.87. The second-order valence-electron chi connectivity index (χ2n) is 3.84. The summed E-state index contributed by atoms with van der Waals surface area (Å²) in [6.45, 7) is 8.28. The Morgan fingerprint density at radius 1 is 1.17 bits per heavy atom. The Labute approximate surface area is 111 Å². The highest BCUT2D eigenvalue weighted by atomic mass is 16.5. The summed E-state index contributed by atoms with van der Waals surface area (Å²) in [6.07, 6.45) is 11.1. The molecule has 0 spiro atoms. The van der Waals surface area contributed by atoms with Crippen LogP contribution >= 0.6 is 0 Å². The van der Waals surface area contributed by atoms with Crippen molar-refractivity contribution in [2.24, 2.45) is 0 Å². The van der Waals surface area contributed by atoms with Crippen molar-refractivity contribution in [3.63, 3.8) is 0 Å². The van der Waals surface area contributed by atoms with Crippen LogP contribution in [0.2, 0.25) is 0 Å². The first kappa shape index (κ1) is 17.1. The first-order valence-electron chi connectivity index (χ1n) is 6.58. The van der Waals surface area contributed by atoms with Crippen molar-refractivity contribution in [1.29, 1.82) is 0 Å². The van der Waals surface area contributed by atoms with Gasteiger partial charge >= 0.3 is 0 Å². The average molecular weight is 254 g/mol. The molecule has 0 aliphatic carbocycles. The molecule has 0 bridgehead atoms. The average Bonchev–Trinajstić information content (AvgIpc) is 2.40. The Hall–Kier alpha value is -0.900. The summed E-state index contributed by atoms with van der Waals surface area (Å²) >= 11 is 0. The monoisotopic (exact) mass is 254 g/mol. The highest BCUT2D eigenvalue weighted by Crippen LogP contribution is 2.01. The lowest BCUT2D eigenvalue weighted by molar-refractivity contribution is 0.0689. The minimum atomic E-state index is 0.0789. The smallest absolute Gasteiger partial charge is 0.0713 e. The lowest BCUT2D eigenvalue weighted by Gasteiger charge is -2.05. The Kier molecular flexibility index (Phi) is 13.5. The zero-order valence-electron chi connectivity index (χ0n) is 11.4. The fourth-order valence-electron chi connectivity index (χ4n) is 1.30. The van der Waals surface area contributed by atoms with Crippen LogP contribution in [-0.2, 0) is 9.47 Å². The van der Waals surface area contributed by atoms with Crippen LogP contribution in [0.3, 0.4) is 0 Å². The van der Waals surface area contributed by atoms with Crippen LogP contribution in [0.15, 0.2) is 36.5 Å². The van der Waals surface area contributed by atoms with Crippen molar-refractivity contribution in [1.82, 2.24) is 0 Å². The van der Waals surface area contributed by atoms with Gasteiger partial charge in [0, 0.05) is 13.2 Å². The van der Waals surface area contributed by atoms with Crippen molar-refractivity contribution in [2.75, 3.05) is 33.0 Å². The number of allylic oxidation sites excluding steroid dienone is 3. The Morgan fingerprint density at radius 2 is 1.94 bits per heavy atom. The SMILES string of the molecule is C=C/C(=C\C/C=C\CC)COCCCOCCO. The Bertz CT molecular complexity index is 244. The van der Waals surface area contributed by atoms with Crippen LogP contribution in [0, 0.1) is 0 Å². The standard InChI is InChI=1S/C15H26O3/c1-3-5-6-7-9-15(4-2)14-18-12-8-11-17-13-10-16/h4-6,9,16H,2-3,7-8,10-14H2,1H3/b6-5-,15-9+. The molecule has 0 aromatic rings. The zero-order valence-corrected chi connectivity index (χ0v) is 11.4. The molecule has 0 saturated heterocycles. The third kappa shape index (κ3) is 11.6. The molecular weight excluding hydrogens is 228 g/mol. The molecule has 0 aromatic carbocycles. The second-order valence-corrected chi connectivity index (χ2v) is 3.84. The van der Waals surface area contributed by atoms with E-state index >= 15 is 0 Å². The van der Waals surface area contributed by atoms with Crippen molar-refractivity contribution in [2.45, 2.75) is 26.2 Å². The molecule has 104 valence electrons. The van der Waals surface area contributed by atoms with E-state index in [0.717, 1.165) is 24.8 Å². The first-order valence-corrected chi connectivity index (χ1v) is 6.58. The Balaban J connectivity index is 3.55. The minimum absolute atomic E-state index is 0.0789. The normalized spacial score (nSPS) is 12.2.